The zero-order chi connectivity index (χ0) is 34.7. The molecule has 4 aromatic carbocycles. The first kappa shape index (κ1) is 34.8. The number of nitrogens with zero attached hydrogens (tertiary/aromatic N) is 3. The number of fused-ring (bicyclic) bond motifs is 1. The number of esters is 1. The van der Waals surface area contributed by atoms with Crippen molar-refractivity contribution >= 4 is 74.3 Å². The molecule has 6 rings (SSSR count). The molecule has 1 aromatic heterocycles. The molecule has 0 unspecified atom stereocenters. The van der Waals surface area contributed by atoms with Gasteiger partial charge < -0.3 is 9.47 Å². The van der Waals surface area contributed by atoms with Crippen molar-refractivity contribution in [1.29, 1.82) is 5.26 Å². The smallest absolute Gasteiger partial charge is 0.338 e. The molecule has 246 valence electrons. The molecular weight excluding hydrogens is 860 g/mol. The Morgan fingerprint density at radius 1 is 1.02 bits per heavy atom. The molecule has 0 spiro atoms. The summed E-state index contributed by atoms with van der Waals surface area (Å²) in [5.74, 6) is 0.577. The van der Waals surface area contributed by atoms with Crippen LogP contribution in [0.5, 0.6) is 5.75 Å². The normalized spacial score (nSPS) is 14.3. The first-order valence-electron chi connectivity index (χ1n) is 15.7. The fourth-order valence-electron chi connectivity index (χ4n) is 5.60. The van der Waals surface area contributed by atoms with Crippen LogP contribution >= 0.6 is 56.5 Å². The number of carbonyl (C=O) groups is 1. The van der Waals surface area contributed by atoms with E-state index in [2.05, 4.69) is 77.2 Å². The van der Waals surface area contributed by atoms with Gasteiger partial charge in [-0.2, -0.15) is 5.26 Å². The largest absolute Gasteiger partial charge is 0.487 e. The van der Waals surface area contributed by atoms with Crippen LogP contribution in [0.15, 0.2) is 106 Å². The Kier molecular flexibility index (Phi) is 10.8. The average molecular weight is 892 g/mol. The van der Waals surface area contributed by atoms with E-state index < -0.39 is 12.0 Å². The van der Waals surface area contributed by atoms with E-state index in [9.17, 15) is 9.59 Å². The van der Waals surface area contributed by atoms with E-state index in [1.807, 2.05) is 72.8 Å². The molecule has 0 aliphatic carbocycles. The van der Waals surface area contributed by atoms with Gasteiger partial charge in [0.05, 0.1) is 47.2 Å². The maximum atomic E-state index is 14.3. The SMILES string of the molecule is CCOC(=O)C1=C(c2ccccc2)N=c2s/c(=C\c3cc(I)c(OCc4ccc(C#N)cc4)c(I)c3)c(=O)n2[C@@H]1c1ccc(C(C)C)cc1. The maximum Gasteiger partial charge on any atom is 0.338 e. The average Bonchev–Trinajstić information content (AvgIpc) is 3.41. The highest BCUT2D eigenvalue weighted by Crippen LogP contribution is 2.36. The van der Waals surface area contributed by atoms with E-state index in [0.717, 1.165) is 40.7 Å². The fraction of sp³-hybridized carbons (Fsp3) is 0.179. The second kappa shape index (κ2) is 15.2. The van der Waals surface area contributed by atoms with Crippen LogP contribution in [0.3, 0.4) is 0 Å². The molecule has 0 bridgehead atoms. The highest BCUT2D eigenvalue weighted by molar-refractivity contribution is 14.1. The number of thiazole rings is 1. The highest BCUT2D eigenvalue weighted by atomic mass is 127. The molecule has 5 aromatic rings. The lowest BCUT2D eigenvalue weighted by molar-refractivity contribution is -0.138. The Labute approximate surface area is 315 Å². The first-order chi connectivity index (χ1) is 23.7. The van der Waals surface area contributed by atoms with Gasteiger partial charge in [0, 0.05) is 5.56 Å². The Hall–Kier alpha value is -4.06. The molecule has 1 atom stereocenters. The number of hydrogen-bond donors (Lipinski definition) is 0. The minimum atomic E-state index is -0.729. The van der Waals surface area contributed by atoms with Gasteiger partial charge in [-0.1, -0.05) is 91.9 Å². The third-order valence-corrected chi connectivity index (χ3v) is 10.7. The van der Waals surface area contributed by atoms with Crippen molar-refractivity contribution in [1.82, 2.24) is 4.57 Å². The lowest BCUT2D eigenvalue weighted by atomic mass is 9.91. The third kappa shape index (κ3) is 7.44. The summed E-state index contributed by atoms with van der Waals surface area (Å²) in [4.78, 5) is 33.6. The summed E-state index contributed by atoms with van der Waals surface area (Å²) in [6.45, 7) is 6.59. The van der Waals surface area contributed by atoms with Gasteiger partial charge in [0.25, 0.3) is 5.56 Å². The summed E-state index contributed by atoms with van der Waals surface area (Å²) in [5.41, 5.74) is 5.73. The molecule has 1 aliphatic heterocycles. The molecule has 0 saturated heterocycles. The number of nitriles is 1. The summed E-state index contributed by atoms with van der Waals surface area (Å²) in [5, 5.41) is 9.08. The monoisotopic (exact) mass is 891 g/mol. The van der Waals surface area contributed by atoms with Gasteiger partial charge in [0.15, 0.2) is 4.80 Å². The number of hydrogen-bond acceptors (Lipinski definition) is 7. The molecule has 10 heteroatoms. The van der Waals surface area contributed by atoms with E-state index in [0.29, 0.717) is 38.7 Å². The maximum absolute atomic E-state index is 14.3. The second-order valence-electron chi connectivity index (χ2n) is 11.7. The summed E-state index contributed by atoms with van der Waals surface area (Å²) in [6, 6.07) is 30.3. The van der Waals surface area contributed by atoms with Crippen molar-refractivity contribution in [2.75, 3.05) is 6.61 Å². The Morgan fingerprint density at radius 2 is 1.69 bits per heavy atom. The van der Waals surface area contributed by atoms with Gasteiger partial charge in [0.1, 0.15) is 12.4 Å². The lowest BCUT2D eigenvalue weighted by Gasteiger charge is -2.26. The zero-order valence-electron chi connectivity index (χ0n) is 26.9. The van der Waals surface area contributed by atoms with Gasteiger partial charge in [-0.25, -0.2) is 9.79 Å². The number of carbonyl (C=O) groups excluding carboxylic acids is 1. The topological polar surface area (TPSA) is 93.7 Å². The molecule has 0 N–H and O–H groups in total. The summed E-state index contributed by atoms with van der Waals surface area (Å²) in [7, 11) is 0. The molecule has 49 heavy (non-hydrogen) atoms. The van der Waals surface area contributed by atoms with Crippen LogP contribution in [0.2, 0.25) is 0 Å². The summed E-state index contributed by atoms with van der Waals surface area (Å²) >= 11 is 5.80. The van der Waals surface area contributed by atoms with Crippen LogP contribution in [0.1, 0.15) is 66.1 Å². The quantitative estimate of drug-likeness (QED) is 0.112. The van der Waals surface area contributed by atoms with Crippen molar-refractivity contribution in [2.24, 2.45) is 4.99 Å². The summed E-state index contributed by atoms with van der Waals surface area (Å²) < 4.78 is 15.7. The van der Waals surface area contributed by atoms with Gasteiger partial charge in [-0.3, -0.25) is 9.36 Å². The van der Waals surface area contributed by atoms with Crippen LogP contribution in [0.25, 0.3) is 11.8 Å². The van der Waals surface area contributed by atoms with Crippen molar-refractivity contribution in [3.63, 3.8) is 0 Å². The van der Waals surface area contributed by atoms with Crippen molar-refractivity contribution in [3.05, 3.63) is 157 Å². The number of rotatable bonds is 9. The van der Waals surface area contributed by atoms with Gasteiger partial charge in [-0.15, -0.1) is 0 Å². The predicted octanol–water partition coefficient (Wildman–Crippen LogP) is 7.72. The minimum absolute atomic E-state index is 0.193. The van der Waals surface area contributed by atoms with Crippen LogP contribution in [0.4, 0.5) is 0 Å². The van der Waals surface area contributed by atoms with Gasteiger partial charge in [-0.05, 0) is 111 Å². The molecule has 0 fully saturated rings. The van der Waals surface area contributed by atoms with E-state index in [-0.39, 0.29) is 12.2 Å². The highest BCUT2D eigenvalue weighted by Gasteiger charge is 2.35. The fourth-order valence-corrected chi connectivity index (χ4v) is 8.73. The van der Waals surface area contributed by atoms with Crippen molar-refractivity contribution in [3.8, 4) is 11.8 Å². The molecule has 0 saturated carbocycles. The number of benzene rings is 4. The van der Waals surface area contributed by atoms with Crippen LogP contribution in [-0.4, -0.2) is 17.1 Å². The van der Waals surface area contributed by atoms with Gasteiger partial charge in [0.2, 0.25) is 0 Å². The molecule has 0 amide bonds. The van der Waals surface area contributed by atoms with E-state index in [1.165, 1.54) is 11.3 Å². The number of ether oxygens (including phenoxy) is 2. The van der Waals surface area contributed by atoms with Crippen LogP contribution in [0, 0.1) is 18.5 Å². The summed E-state index contributed by atoms with van der Waals surface area (Å²) in [6.07, 6.45) is 1.87. The standard InChI is InChI=1S/C39H31I2N3O4S/c1-4-47-38(46)33-34(28-8-6-5-7-9-28)43-39-44(35(33)29-16-14-27(15-17-29)23(2)3)37(45)32(49-39)20-26-18-30(40)36(31(41)19-26)48-22-25-12-10-24(21-42)11-13-25/h5-20,23,35H,4,22H2,1-3H3/b32-20-/t35-/m1/s1. The minimum Gasteiger partial charge on any atom is -0.487 e. The Balaban J connectivity index is 1.46. The van der Waals surface area contributed by atoms with E-state index >= 15 is 0 Å². The zero-order valence-corrected chi connectivity index (χ0v) is 32.1. The van der Waals surface area contributed by atoms with Gasteiger partial charge >= 0.3 is 5.97 Å². The predicted molar refractivity (Wildman–Crippen MR) is 209 cm³/mol. The van der Waals surface area contributed by atoms with E-state index in [4.69, 9.17) is 19.7 Å². The Morgan fingerprint density at radius 3 is 2.31 bits per heavy atom. The first-order valence-corrected chi connectivity index (χ1v) is 18.6. The lowest BCUT2D eigenvalue weighted by Crippen LogP contribution is -2.40. The van der Waals surface area contributed by atoms with Crippen molar-refractivity contribution in [2.45, 2.75) is 39.3 Å². The van der Waals surface area contributed by atoms with Crippen LogP contribution < -0.4 is 19.6 Å². The van der Waals surface area contributed by atoms with E-state index in [1.54, 1.807) is 23.6 Å². The van der Waals surface area contributed by atoms with Crippen molar-refractivity contribution < 1.29 is 14.3 Å². The number of aromatic nitrogens is 1. The molecule has 1 aliphatic rings. The molecule has 0 radical (unpaired) electrons. The second-order valence-corrected chi connectivity index (χ2v) is 15.0. The molecular formula is C39H31I2N3O4S. The Bertz CT molecular complexity index is 2260. The number of halogens is 2. The van der Waals surface area contributed by atoms with Crippen LogP contribution in [-0.2, 0) is 16.1 Å². The molecule has 2 heterocycles. The molecule has 7 nitrogen and oxygen atoms in total. The third-order valence-electron chi connectivity index (χ3n) is 8.08.